The van der Waals surface area contributed by atoms with Gasteiger partial charge in [-0.05, 0) is 121 Å². The van der Waals surface area contributed by atoms with Gasteiger partial charge < -0.3 is 34.5 Å². The van der Waals surface area contributed by atoms with Crippen molar-refractivity contribution >= 4 is 44.6 Å². The molecule has 2 aromatic heterocycles. The molecule has 1 saturated heterocycles. The number of fused-ring (bicyclic) bond motifs is 3. The van der Waals surface area contributed by atoms with Crippen LogP contribution in [0.3, 0.4) is 0 Å². The van der Waals surface area contributed by atoms with Crippen molar-refractivity contribution in [1.29, 1.82) is 0 Å². The largest absolute Gasteiger partial charge is 0.497 e. The summed E-state index contributed by atoms with van der Waals surface area (Å²) in [5, 5.41) is 6.50. The van der Waals surface area contributed by atoms with Crippen molar-refractivity contribution in [2.75, 3.05) is 13.7 Å². The quantitative estimate of drug-likeness (QED) is 0.206. The Hall–Kier alpha value is -5.45. The van der Waals surface area contributed by atoms with Crippen LogP contribution in [0, 0.1) is 17.8 Å². The third-order valence-corrected chi connectivity index (χ3v) is 13.8. The molecule has 2 saturated carbocycles. The molecule has 0 unspecified atom stereocenters. The number of hydrogen-bond donors (Lipinski definition) is 3. The number of rotatable bonds is 10. The van der Waals surface area contributed by atoms with Gasteiger partial charge in [-0.1, -0.05) is 26.0 Å². The molecular weight excluding hydrogens is 829 g/mol. The first kappa shape index (κ1) is 45.6. The van der Waals surface area contributed by atoms with Gasteiger partial charge in [0.1, 0.15) is 35.1 Å². The normalized spacial score (nSPS) is 27.2. The van der Waals surface area contributed by atoms with Crippen molar-refractivity contribution in [3.05, 3.63) is 54.7 Å². The van der Waals surface area contributed by atoms with E-state index < -0.39 is 74.3 Å². The Morgan fingerprint density at radius 1 is 1.03 bits per heavy atom. The number of methoxy groups -OCH3 is 1. The fraction of sp³-hybridized carbons (Fsp3) is 0.565. The van der Waals surface area contributed by atoms with Crippen LogP contribution in [0.2, 0.25) is 0 Å². The lowest BCUT2D eigenvalue weighted by Crippen LogP contribution is -2.59. The first-order valence-corrected chi connectivity index (χ1v) is 23.4. The molecule has 1 aromatic carbocycles. The smallest absolute Gasteiger partial charge is 0.408 e. The SMILES string of the molecule is COc1ccc2c(O[C@@H]3C[C@H]4C(=O)N[C@]5(C(=O)NS(=O)(=O)C6CC6)C[C@H]5/C=C\CC[C@H](C)C[C@@H](C)[C@H](NC(=O)OC(C)(C)C)C(=O)N4C3)nc(-c3ccc(OC(C)C)nc3)cc2c1. The van der Waals surface area contributed by atoms with E-state index in [0.29, 0.717) is 54.0 Å². The van der Waals surface area contributed by atoms with Crippen molar-refractivity contribution in [2.45, 2.75) is 134 Å². The Morgan fingerprint density at radius 2 is 1.79 bits per heavy atom. The third-order valence-electron chi connectivity index (χ3n) is 12.0. The molecule has 16 nitrogen and oxygen atoms in total. The summed E-state index contributed by atoms with van der Waals surface area (Å²) in [6, 6.07) is 8.71. The molecule has 4 heterocycles. The summed E-state index contributed by atoms with van der Waals surface area (Å²) in [6.07, 6.45) is 6.94. The molecule has 63 heavy (non-hydrogen) atoms. The zero-order valence-electron chi connectivity index (χ0n) is 37.3. The average molecular weight is 889 g/mol. The summed E-state index contributed by atoms with van der Waals surface area (Å²) in [5.41, 5.74) is -1.16. The van der Waals surface area contributed by atoms with Crippen molar-refractivity contribution in [1.82, 2.24) is 30.2 Å². The maximum atomic E-state index is 15.0. The van der Waals surface area contributed by atoms with Crippen LogP contribution in [0.5, 0.6) is 17.5 Å². The van der Waals surface area contributed by atoms with Crippen molar-refractivity contribution < 1.29 is 46.5 Å². The molecule has 0 bridgehead atoms. The van der Waals surface area contributed by atoms with E-state index in [1.165, 1.54) is 4.90 Å². The molecule has 2 aliphatic heterocycles. The second-order valence-corrected chi connectivity index (χ2v) is 20.8. The minimum absolute atomic E-state index is 0.00750. The van der Waals surface area contributed by atoms with Gasteiger partial charge in [-0.25, -0.2) is 23.2 Å². The molecule has 3 aromatic rings. The van der Waals surface area contributed by atoms with Gasteiger partial charge in [0.15, 0.2) is 0 Å². The summed E-state index contributed by atoms with van der Waals surface area (Å²) in [5.74, 6) is -1.37. The Bertz CT molecular complexity index is 2360. The van der Waals surface area contributed by atoms with Crippen molar-refractivity contribution in [3.63, 3.8) is 0 Å². The van der Waals surface area contributed by atoms with Crippen LogP contribution < -0.4 is 29.6 Å². The van der Waals surface area contributed by atoms with Crippen LogP contribution in [0.1, 0.15) is 93.4 Å². The zero-order valence-corrected chi connectivity index (χ0v) is 38.1. The number of aromatic nitrogens is 2. The van der Waals surface area contributed by atoms with E-state index in [1.54, 1.807) is 46.2 Å². The molecule has 3 N–H and O–H groups in total. The summed E-state index contributed by atoms with van der Waals surface area (Å²) in [4.78, 5) is 67.9. The van der Waals surface area contributed by atoms with Crippen LogP contribution in [0.25, 0.3) is 22.0 Å². The fourth-order valence-electron chi connectivity index (χ4n) is 8.50. The average Bonchev–Trinajstić information content (AvgIpc) is 4.14. The molecule has 2 aliphatic carbocycles. The number of allylic oxidation sites excluding steroid dienone is 1. The van der Waals surface area contributed by atoms with E-state index in [0.717, 1.165) is 11.8 Å². The number of nitrogens with one attached hydrogen (secondary N) is 3. The molecule has 0 spiro atoms. The highest BCUT2D eigenvalue weighted by atomic mass is 32.2. The van der Waals surface area contributed by atoms with Crippen LogP contribution >= 0.6 is 0 Å². The molecular formula is C46H60N6O10S. The van der Waals surface area contributed by atoms with Crippen LogP contribution in [0.15, 0.2) is 54.7 Å². The minimum atomic E-state index is -3.94. The number of hydrogen-bond acceptors (Lipinski definition) is 12. The van der Waals surface area contributed by atoms with E-state index in [2.05, 4.69) is 27.3 Å². The van der Waals surface area contributed by atoms with E-state index in [4.69, 9.17) is 23.9 Å². The monoisotopic (exact) mass is 888 g/mol. The summed E-state index contributed by atoms with van der Waals surface area (Å²) in [6.45, 7) is 12.9. The number of carbonyl (C=O) groups excluding carboxylic acids is 4. The highest BCUT2D eigenvalue weighted by Gasteiger charge is 2.62. The fourth-order valence-corrected chi connectivity index (χ4v) is 9.87. The lowest BCUT2D eigenvalue weighted by Gasteiger charge is -2.33. The standard InChI is InChI=1S/C46H60N6O10S/c1-26(2)60-38-18-13-29(24-47-38)36-21-30-20-32(59-8)14-17-35(30)41(48-36)61-33-22-37-40(53)50-46(43(55)51-63(57,58)34-15-16-34)23-31(46)12-10-9-11-27(3)19-28(4)39(42(54)52(37)25-33)49-44(56)62-45(5,6)7/h10,12-14,17-18,20-21,24,26-28,31,33-34,37,39H,9,11,15-16,19,22-23,25H2,1-8H3,(H,49,56)(H,50,53)(H,51,55)/b12-10-/t27-,28+,31+,33+,37-,39-,46+/m0/s1. The molecule has 7 atom stereocenters. The zero-order chi connectivity index (χ0) is 45.4. The maximum absolute atomic E-state index is 15.0. The number of amides is 4. The van der Waals surface area contributed by atoms with E-state index in [1.807, 2.05) is 57.2 Å². The second-order valence-electron chi connectivity index (χ2n) is 18.8. The van der Waals surface area contributed by atoms with Gasteiger partial charge in [0.2, 0.25) is 33.6 Å². The lowest BCUT2D eigenvalue weighted by atomic mass is 9.88. The third kappa shape index (κ3) is 10.7. The molecule has 3 fully saturated rings. The summed E-state index contributed by atoms with van der Waals surface area (Å²) < 4.78 is 51.9. The van der Waals surface area contributed by atoms with E-state index in [9.17, 15) is 22.8 Å². The number of sulfonamides is 1. The molecule has 7 rings (SSSR count). The number of pyridine rings is 2. The topological polar surface area (TPSA) is 204 Å². The second kappa shape index (κ2) is 18.0. The predicted octanol–water partition coefficient (Wildman–Crippen LogP) is 5.83. The van der Waals surface area contributed by atoms with Gasteiger partial charge in [0, 0.05) is 35.6 Å². The molecule has 0 radical (unpaired) electrons. The van der Waals surface area contributed by atoms with Gasteiger partial charge >= 0.3 is 6.09 Å². The Labute approximate surface area is 369 Å². The number of alkyl carbamates (subject to hydrolysis) is 1. The van der Waals surface area contributed by atoms with Crippen LogP contribution in [-0.4, -0.2) is 101 Å². The predicted molar refractivity (Wildman–Crippen MR) is 235 cm³/mol. The van der Waals surface area contributed by atoms with Crippen LogP contribution in [0.4, 0.5) is 4.79 Å². The molecule has 4 aliphatic rings. The summed E-state index contributed by atoms with van der Waals surface area (Å²) >= 11 is 0. The Balaban J connectivity index is 1.25. The highest BCUT2D eigenvalue weighted by molar-refractivity contribution is 7.91. The van der Waals surface area contributed by atoms with Gasteiger partial charge in [-0.3, -0.25) is 19.1 Å². The van der Waals surface area contributed by atoms with Gasteiger partial charge in [0.05, 0.1) is 30.7 Å². The molecule has 340 valence electrons. The number of ether oxygens (including phenoxy) is 4. The number of carbonyl (C=O) groups is 4. The van der Waals surface area contributed by atoms with Crippen molar-refractivity contribution in [2.24, 2.45) is 17.8 Å². The number of nitrogens with zero attached hydrogens (tertiary/aromatic N) is 3. The van der Waals surface area contributed by atoms with Gasteiger partial charge in [0.25, 0.3) is 5.91 Å². The lowest BCUT2D eigenvalue weighted by molar-refractivity contribution is -0.142. The Kier molecular flexibility index (Phi) is 13.0. The van der Waals surface area contributed by atoms with E-state index >= 15 is 4.79 Å². The Morgan fingerprint density at radius 3 is 2.46 bits per heavy atom. The van der Waals surface area contributed by atoms with E-state index in [-0.39, 0.29) is 43.2 Å². The van der Waals surface area contributed by atoms with Gasteiger partial charge in [-0.2, -0.15) is 0 Å². The highest BCUT2D eigenvalue weighted by Crippen LogP contribution is 2.46. The maximum Gasteiger partial charge on any atom is 0.408 e. The molecule has 17 heteroatoms. The van der Waals surface area contributed by atoms with Gasteiger partial charge in [-0.15, -0.1) is 0 Å². The van der Waals surface area contributed by atoms with Crippen molar-refractivity contribution in [3.8, 4) is 28.8 Å². The minimum Gasteiger partial charge on any atom is -0.497 e. The summed E-state index contributed by atoms with van der Waals surface area (Å²) in [7, 11) is -2.36. The van der Waals surface area contributed by atoms with Crippen LogP contribution in [-0.2, 0) is 29.1 Å². The number of benzene rings is 1. The first-order chi connectivity index (χ1) is 29.7. The first-order valence-electron chi connectivity index (χ1n) is 21.9. The molecule has 4 amide bonds.